The highest BCUT2D eigenvalue weighted by molar-refractivity contribution is 5.71. The smallest absolute Gasteiger partial charge is 0.308 e. The van der Waals surface area contributed by atoms with E-state index in [-0.39, 0.29) is 17.6 Å². The zero-order valence-electron chi connectivity index (χ0n) is 12.8. The standard InChI is InChI=1S/C15H22N2O4/c1-10-5-6-12(13(7-10)17(20)21)16-9-11(14(18)19)8-15(2,3)4/h5-7,11,16H,8-9H2,1-4H3,(H,18,19). The van der Waals surface area contributed by atoms with E-state index >= 15 is 0 Å². The molecule has 1 aromatic carbocycles. The summed E-state index contributed by atoms with van der Waals surface area (Å²) in [6.45, 7) is 7.85. The SMILES string of the molecule is Cc1ccc(NCC(CC(C)(C)C)C(=O)O)c([N+](=O)[O-])c1. The van der Waals surface area contributed by atoms with Crippen LogP contribution in [-0.2, 0) is 4.79 Å². The molecule has 6 heteroatoms. The summed E-state index contributed by atoms with van der Waals surface area (Å²) in [5, 5.41) is 23.2. The molecule has 0 radical (unpaired) electrons. The Balaban J connectivity index is 2.86. The molecule has 0 bridgehead atoms. The van der Waals surface area contributed by atoms with Crippen molar-refractivity contribution in [3.8, 4) is 0 Å². The third-order valence-corrected chi connectivity index (χ3v) is 3.10. The van der Waals surface area contributed by atoms with E-state index in [0.717, 1.165) is 5.56 Å². The fraction of sp³-hybridized carbons (Fsp3) is 0.533. The summed E-state index contributed by atoms with van der Waals surface area (Å²) in [5.41, 5.74) is 0.988. The molecular formula is C15H22N2O4. The van der Waals surface area contributed by atoms with Crippen LogP contribution in [0.3, 0.4) is 0 Å². The minimum Gasteiger partial charge on any atom is -0.481 e. The van der Waals surface area contributed by atoms with Gasteiger partial charge in [-0.1, -0.05) is 26.8 Å². The Bertz CT molecular complexity index is 535. The number of rotatable bonds is 6. The van der Waals surface area contributed by atoms with Crippen molar-refractivity contribution in [3.63, 3.8) is 0 Å². The minimum atomic E-state index is -0.896. The Morgan fingerprint density at radius 3 is 2.52 bits per heavy atom. The van der Waals surface area contributed by atoms with E-state index in [2.05, 4.69) is 5.32 Å². The Hall–Kier alpha value is -2.11. The van der Waals surface area contributed by atoms with E-state index in [1.165, 1.54) is 6.07 Å². The van der Waals surface area contributed by atoms with Crippen LogP contribution in [0.2, 0.25) is 0 Å². The predicted octanol–water partition coefficient (Wildman–Crippen LogP) is 3.45. The van der Waals surface area contributed by atoms with E-state index in [0.29, 0.717) is 12.1 Å². The molecule has 0 amide bonds. The van der Waals surface area contributed by atoms with Crippen molar-refractivity contribution < 1.29 is 14.8 Å². The molecule has 0 aromatic heterocycles. The molecule has 0 saturated carbocycles. The lowest BCUT2D eigenvalue weighted by atomic mass is 9.84. The molecule has 0 aliphatic heterocycles. The maximum absolute atomic E-state index is 11.3. The second-order valence-corrected chi connectivity index (χ2v) is 6.46. The van der Waals surface area contributed by atoms with Crippen LogP contribution < -0.4 is 5.32 Å². The van der Waals surface area contributed by atoms with Crippen molar-refractivity contribution in [1.82, 2.24) is 0 Å². The van der Waals surface area contributed by atoms with Gasteiger partial charge in [-0.15, -0.1) is 0 Å². The van der Waals surface area contributed by atoms with Gasteiger partial charge >= 0.3 is 5.97 Å². The van der Waals surface area contributed by atoms with Gasteiger partial charge in [0, 0.05) is 12.6 Å². The van der Waals surface area contributed by atoms with Gasteiger partial charge in [0.1, 0.15) is 5.69 Å². The van der Waals surface area contributed by atoms with Crippen molar-refractivity contribution in [2.45, 2.75) is 34.1 Å². The van der Waals surface area contributed by atoms with Crippen LogP contribution in [0.5, 0.6) is 0 Å². The number of aliphatic carboxylic acids is 1. The fourth-order valence-electron chi connectivity index (χ4n) is 2.16. The van der Waals surface area contributed by atoms with Crippen molar-refractivity contribution >= 4 is 17.3 Å². The van der Waals surface area contributed by atoms with Crippen LogP contribution in [0, 0.1) is 28.4 Å². The van der Waals surface area contributed by atoms with Gasteiger partial charge in [-0.25, -0.2) is 0 Å². The van der Waals surface area contributed by atoms with Gasteiger partial charge in [0.2, 0.25) is 0 Å². The van der Waals surface area contributed by atoms with Gasteiger partial charge in [0.25, 0.3) is 5.69 Å². The summed E-state index contributed by atoms with van der Waals surface area (Å²) >= 11 is 0. The summed E-state index contributed by atoms with van der Waals surface area (Å²) in [4.78, 5) is 21.9. The number of carboxylic acid groups (broad SMARTS) is 1. The van der Waals surface area contributed by atoms with Gasteiger partial charge < -0.3 is 10.4 Å². The first kappa shape index (κ1) is 16.9. The number of hydrogen-bond donors (Lipinski definition) is 2. The van der Waals surface area contributed by atoms with Gasteiger partial charge in [-0.05, 0) is 30.4 Å². The molecule has 0 heterocycles. The fourth-order valence-corrected chi connectivity index (χ4v) is 2.16. The topological polar surface area (TPSA) is 92.5 Å². The van der Waals surface area contributed by atoms with E-state index in [1.807, 2.05) is 20.8 Å². The van der Waals surface area contributed by atoms with Crippen LogP contribution in [0.1, 0.15) is 32.8 Å². The third-order valence-electron chi connectivity index (χ3n) is 3.10. The largest absolute Gasteiger partial charge is 0.481 e. The van der Waals surface area contributed by atoms with Gasteiger partial charge in [0.15, 0.2) is 0 Å². The molecule has 0 aliphatic rings. The Morgan fingerprint density at radius 2 is 2.05 bits per heavy atom. The lowest BCUT2D eigenvalue weighted by Crippen LogP contribution is -2.27. The average molecular weight is 294 g/mol. The summed E-state index contributed by atoms with van der Waals surface area (Å²) in [6.07, 6.45) is 0.495. The Morgan fingerprint density at radius 1 is 1.43 bits per heavy atom. The van der Waals surface area contributed by atoms with E-state index in [1.54, 1.807) is 19.1 Å². The molecule has 116 valence electrons. The number of aryl methyl sites for hydroxylation is 1. The quantitative estimate of drug-likeness (QED) is 0.619. The van der Waals surface area contributed by atoms with Crippen molar-refractivity contribution in [2.24, 2.45) is 11.3 Å². The van der Waals surface area contributed by atoms with Crippen LogP contribution >= 0.6 is 0 Å². The number of benzene rings is 1. The number of anilines is 1. The molecule has 6 nitrogen and oxygen atoms in total. The zero-order valence-corrected chi connectivity index (χ0v) is 12.8. The monoisotopic (exact) mass is 294 g/mol. The molecule has 0 fully saturated rings. The minimum absolute atomic E-state index is 0.0325. The number of nitrogens with one attached hydrogen (secondary N) is 1. The van der Waals surface area contributed by atoms with Crippen LogP contribution in [0.25, 0.3) is 0 Å². The molecule has 0 spiro atoms. The average Bonchev–Trinajstić information content (AvgIpc) is 2.33. The Labute approximate surface area is 124 Å². The molecule has 1 atom stereocenters. The highest BCUT2D eigenvalue weighted by atomic mass is 16.6. The van der Waals surface area contributed by atoms with Crippen LogP contribution in [-0.4, -0.2) is 22.5 Å². The first-order valence-corrected chi connectivity index (χ1v) is 6.82. The number of carbonyl (C=O) groups is 1. The maximum Gasteiger partial charge on any atom is 0.308 e. The van der Waals surface area contributed by atoms with Gasteiger partial charge in [0.05, 0.1) is 10.8 Å². The van der Waals surface area contributed by atoms with Crippen LogP contribution in [0.15, 0.2) is 18.2 Å². The lowest BCUT2D eigenvalue weighted by molar-refractivity contribution is -0.384. The number of carboxylic acids is 1. The number of hydrogen-bond acceptors (Lipinski definition) is 4. The van der Waals surface area contributed by atoms with Gasteiger partial charge in [-0.2, -0.15) is 0 Å². The first-order chi connectivity index (χ1) is 9.60. The van der Waals surface area contributed by atoms with Crippen molar-refractivity contribution in [3.05, 3.63) is 33.9 Å². The van der Waals surface area contributed by atoms with E-state index in [4.69, 9.17) is 0 Å². The van der Waals surface area contributed by atoms with Crippen LogP contribution in [0.4, 0.5) is 11.4 Å². The zero-order chi connectivity index (χ0) is 16.2. The first-order valence-electron chi connectivity index (χ1n) is 6.82. The second-order valence-electron chi connectivity index (χ2n) is 6.46. The molecule has 2 N–H and O–H groups in total. The second kappa shape index (κ2) is 6.56. The number of nitro benzene ring substituents is 1. The number of nitrogens with zero attached hydrogens (tertiary/aromatic N) is 1. The molecule has 1 unspecified atom stereocenters. The van der Waals surface area contributed by atoms with Gasteiger partial charge in [-0.3, -0.25) is 14.9 Å². The molecule has 1 aromatic rings. The number of nitro groups is 1. The molecule has 0 saturated heterocycles. The highest BCUT2D eigenvalue weighted by Gasteiger charge is 2.25. The van der Waals surface area contributed by atoms with Crippen molar-refractivity contribution in [1.29, 1.82) is 0 Å². The summed E-state index contributed by atoms with van der Waals surface area (Å²) in [5.74, 6) is -1.49. The summed E-state index contributed by atoms with van der Waals surface area (Å²) < 4.78 is 0. The predicted molar refractivity (Wildman–Crippen MR) is 81.5 cm³/mol. The maximum atomic E-state index is 11.3. The summed E-state index contributed by atoms with van der Waals surface area (Å²) in [6, 6.07) is 4.85. The lowest BCUT2D eigenvalue weighted by Gasteiger charge is -2.23. The molecule has 21 heavy (non-hydrogen) atoms. The molecule has 0 aliphatic carbocycles. The summed E-state index contributed by atoms with van der Waals surface area (Å²) in [7, 11) is 0. The highest BCUT2D eigenvalue weighted by Crippen LogP contribution is 2.28. The van der Waals surface area contributed by atoms with E-state index < -0.39 is 16.8 Å². The Kier molecular flexibility index (Phi) is 5.29. The van der Waals surface area contributed by atoms with E-state index in [9.17, 15) is 20.0 Å². The molecular weight excluding hydrogens is 272 g/mol. The third kappa shape index (κ3) is 5.41. The van der Waals surface area contributed by atoms with Crippen molar-refractivity contribution in [2.75, 3.05) is 11.9 Å². The normalized spacial score (nSPS) is 12.8. The molecule has 1 rings (SSSR count).